The molecule has 5 nitrogen and oxygen atoms in total. The van der Waals surface area contributed by atoms with E-state index in [9.17, 15) is 12.8 Å². The van der Waals surface area contributed by atoms with Crippen molar-refractivity contribution < 1.29 is 12.8 Å². The van der Waals surface area contributed by atoms with Crippen molar-refractivity contribution in [3.8, 4) is 6.07 Å². The summed E-state index contributed by atoms with van der Waals surface area (Å²) in [6.45, 7) is 2.84. The monoisotopic (exact) mass is 323 g/mol. The fourth-order valence-electron chi connectivity index (χ4n) is 3.45. The molecule has 2 aliphatic heterocycles. The van der Waals surface area contributed by atoms with E-state index < -0.39 is 15.8 Å². The SMILES string of the molecule is CN1C[C@@H]2CN(S(=O)(=O)Cc3cc(C#N)ccc3F)C[C@@H]2C1. The second kappa shape index (κ2) is 5.61. The molecular formula is C15H18FN3O2S. The highest BCUT2D eigenvalue weighted by atomic mass is 32.2. The number of nitrogens with zero attached hydrogens (tertiary/aromatic N) is 3. The van der Waals surface area contributed by atoms with Gasteiger partial charge in [0.05, 0.1) is 17.4 Å². The number of benzene rings is 1. The lowest BCUT2D eigenvalue weighted by Crippen LogP contribution is -2.33. The second-order valence-corrected chi connectivity index (χ2v) is 8.20. The number of hydrogen-bond acceptors (Lipinski definition) is 4. The molecule has 0 N–H and O–H groups in total. The van der Waals surface area contributed by atoms with E-state index in [2.05, 4.69) is 4.90 Å². The quantitative estimate of drug-likeness (QED) is 0.833. The highest BCUT2D eigenvalue weighted by Crippen LogP contribution is 2.32. The van der Waals surface area contributed by atoms with Gasteiger partial charge in [-0.2, -0.15) is 5.26 Å². The topological polar surface area (TPSA) is 64.4 Å². The molecule has 0 unspecified atom stereocenters. The fourth-order valence-corrected chi connectivity index (χ4v) is 5.09. The van der Waals surface area contributed by atoms with Gasteiger partial charge in [0.2, 0.25) is 10.0 Å². The number of nitriles is 1. The molecule has 0 aromatic heterocycles. The van der Waals surface area contributed by atoms with Crippen LogP contribution in [0.4, 0.5) is 4.39 Å². The maximum atomic E-state index is 13.8. The molecule has 2 saturated heterocycles. The van der Waals surface area contributed by atoms with Crippen molar-refractivity contribution in [1.82, 2.24) is 9.21 Å². The third-order valence-corrected chi connectivity index (χ3v) is 6.30. The van der Waals surface area contributed by atoms with Crippen LogP contribution in [-0.4, -0.2) is 50.8 Å². The van der Waals surface area contributed by atoms with E-state index in [1.807, 2.05) is 13.1 Å². The fraction of sp³-hybridized carbons (Fsp3) is 0.533. The minimum absolute atomic E-state index is 0.0632. The summed E-state index contributed by atoms with van der Waals surface area (Å²) in [5.41, 5.74) is 0.333. The van der Waals surface area contributed by atoms with Crippen molar-refractivity contribution in [3.63, 3.8) is 0 Å². The zero-order valence-corrected chi connectivity index (χ0v) is 13.2. The second-order valence-electron chi connectivity index (χ2n) is 6.23. The Labute approximate surface area is 130 Å². The molecule has 1 aromatic rings. The van der Waals surface area contributed by atoms with Gasteiger partial charge >= 0.3 is 0 Å². The normalized spacial score (nSPS) is 26.0. The van der Waals surface area contributed by atoms with Gasteiger partial charge in [0.1, 0.15) is 5.82 Å². The number of hydrogen-bond donors (Lipinski definition) is 0. The summed E-state index contributed by atoms with van der Waals surface area (Å²) >= 11 is 0. The Morgan fingerprint density at radius 1 is 1.27 bits per heavy atom. The van der Waals surface area contributed by atoms with E-state index in [1.165, 1.54) is 16.4 Å². The first-order valence-electron chi connectivity index (χ1n) is 7.24. The summed E-state index contributed by atoms with van der Waals surface area (Å²) in [7, 11) is -1.51. The number of likely N-dealkylation sites (tertiary alicyclic amines) is 1. The maximum absolute atomic E-state index is 13.8. The van der Waals surface area contributed by atoms with Gasteiger partial charge in [-0.1, -0.05) is 0 Å². The predicted octanol–water partition coefficient (Wildman–Crippen LogP) is 1.02. The Kier molecular flexibility index (Phi) is 3.93. The van der Waals surface area contributed by atoms with E-state index in [0.717, 1.165) is 19.2 Å². The van der Waals surface area contributed by atoms with E-state index in [0.29, 0.717) is 24.9 Å². The van der Waals surface area contributed by atoms with Gasteiger partial charge in [-0.3, -0.25) is 0 Å². The highest BCUT2D eigenvalue weighted by Gasteiger charge is 2.42. The van der Waals surface area contributed by atoms with Crippen LogP contribution in [0.2, 0.25) is 0 Å². The van der Waals surface area contributed by atoms with Gasteiger partial charge in [-0.25, -0.2) is 17.1 Å². The Morgan fingerprint density at radius 2 is 1.91 bits per heavy atom. The van der Waals surface area contributed by atoms with Crippen LogP contribution in [0, 0.1) is 29.0 Å². The molecule has 0 radical (unpaired) electrons. The van der Waals surface area contributed by atoms with Crippen LogP contribution in [0.15, 0.2) is 18.2 Å². The molecule has 118 valence electrons. The summed E-state index contributed by atoms with van der Waals surface area (Å²) in [6, 6.07) is 5.72. The summed E-state index contributed by atoms with van der Waals surface area (Å²) < 4.78 is 40.3. The highest BCUT2D eigenvalue weighted by molar-refractivity contribution is 7.88. The lowest BCUT2D eigenvalue weighted by atomic mass is 10.0. The third kappa shape index (κ3) is 2.86. The molecule has 1 aromatic carbocycles. The zero-order chi connectivity index (χ0) is 15.9. The van der Waals surface area contributed by atoms with Crippen LogP contribution in [-0.2, 0) is 15.8 Å². The Morgan fingerprint density at radius 3 is 2.50 bits per heavy atom. The molecule has 0 bridgehead atoms. The maximum Gasteiger partial charge on any atom is 0.218 e. The molecule has 2 heterocycles. The molecule has 0 aliphatic carbocycles. The molecule has 2 atom stereocenters. The van der Waals surface area contributed by atoms with Gasteiger partial charge in [0.25, 0.3) is 0 Å². The molecule has 2 fully saturated rings. The van der Waals surface area contributed by atoms with Crippen molar-refractivity contribution in [2.24, 2.45) is 11.8 Å². The Bertz CT molecular complexity index is 715. The third-order valence-electron chi connectivity index (χ3n) is 4.54. The van der Waals surface area contributed by atoms with Crippen molar-refractivity contribution in [3.05, 3.63) is 35.1 Å². The summed E-state index contributed by atoms with van der Waals surface area (Å²) in [5, 5.41) is 8.86. The van der Waals surface area contributed by atoms with Gasteiger partial charge in [0.15, 0.2) is 0 Å². The standard InChI is InChI=1S/C15H18FN3O2S/c1-18-6-13-8-19(9-14(13)7-18)22(20,21)10-12-4-11(5-17)2-3-15(12)16/h2-4,13-14H,6-10H2,1H3/t13-,14+. The smallest absolute Gasteiger partial charge is 0.218 e. The average molecular weight is 323 g/mol. The van der Waals surface area contributed by atoms with Crippen LogP contribution in [0.5, 0.6) is 0 Å². The molecule has 2 aliphatic rings. The Balaban J connectivity index is 1.77. The van der Waals surface area contributed by atoms with Crippen molar-refractivity contribution >= 4 is 10.0 Å². The largest absolute Gasteiger partial charge is 0.306 e. The van der Waals surface area contributed by atoms with Crippen LogP contribution in [0.3, 0.4) is 0 Å². The van der Waals surface area contributed by atoms with Gasteiger partial charge in [0, 0.05) is 31.7 Å². The Hall–Kier alpha value is -1.49. The number of halogens is 1. The summed E-state index contributed by atoms with van der Waals surface area (Å²) in [4.78, 5) is 2.22. The lowest BCUT2D eigenvalue weighted by molar-refractivity contribution is 0.349. The molecule has 7 heteroatoms. The van der Waals surface area contributed by atoms with E-state index in [1.54, 1.807) is 0 Å². The summed E-state index contributed by atoms with van der Waals surface area (Å²) in [5.74, 6) is -0.226. The average Bonchev–Trinajstić information content (AvgIpc) is 2.98. The van der Waals surface area contributed by atoms with Crippen LogP contribution >= 0.6 is 0 Å². The molecular weight excluding hydrogens is 305 g/mol. The minimum atomic E-state index is -3.55. The zero-order valence-electron chi connectivity index (χ0n) is 12.4. The van der Waals surface area contributed by atoms with Gasteiger partial charge in [-0.15, -0.1) is 0 Å². The van der Waals surface area contributed by atoms with Gasteiger partial charge < -0.3 is 4.90 Å². The predicted molar refractivity (Wildman–Crippen MR) is 79.8 cm³/mol. The summed E-state index contributed by atoms with van der Waals surface area (Å²) in [6.07, 6.45) is 0. The van der Waals surface area contributed by atoms with Gasteiger partial charge in [-0.05, 0) is 37.1 Å². The first-order chi connectivity index (χ1) is 10.4. The molecule has 3 rings (SSSR count). The number of rotatable bonds is 3. The van der Waals surface area contributed by atoms with E-state index in [-0.39, 0.29) is 16.9 Å². The van der Waals surface area contributed by atoms with Crippen molar-refractivity contribution in [2.45, 2.75) is 5.75 Å². The van der Waals surface area contributed by atoms with Crippen molar-refractivity contribution in [2.75, 3.05) is 33.2 Å². The van der Waals surface area contributed by atoms with Crippen LogP contribution in [0.25, 0.3) is 0 Å². The lowest BCUT2D eigenvalue weighted by Gasteiger charge is -2.19. The van der Waals surface area contributed by atoms with Crippen LogP contribution < -0.4 is 0 Å². The number of fused-ring (bicyclic) bond motifs is 1. The van der Waals surface area contributed by atoms with Crippen molar-refractivity contribution in [1.29, 1.82) is 5.26 Å². The first-order valence-corrected chi connectivity index (χ1v) is 8.85. The first kappa shape index (κ1) is 15.4. The molecule has 0 spiro atoms. The van der Waals surface area contributed by atoms with Crippen LogP contribution in [0.1, 0.15) is 11.1 Å². The molecule has 0 amide bonds. The van der Waals surface area contributed by atoms with E-state index in [4.69, 9.17) is 5.26 Å². The molecule has 22 heavy (non-hydrogen) atoms. The number of sulfonamides is 1. The minimum Gasteiger partial charge on any atom is -0.306 e. The molecule has 0 saturated carbocycles. The van der Waals surface area contributed by atoms with E-state index >= 15 is 0 Å².